The lowest BCUT2D eigenvalue weighted by molar-refractivity contribution is -0.116. The first-order valence-electron chi connectivity index (χ1n) is 7.92. The molecule has 144 valence electrons. The van der Waals surface area contributed by atoms with Crippen LogP contribution in [-0.4, -0.2) is 32.9 Å². The van der Waals surface area contributed by atoms with E-state index in [9.17, 15) is 26.8 Å². The van der Waals surface area contributed by atoms with E-state index in [2.05, 4.69) is 5.32 Å². The Balaban J connectivity index is 2.17. The molecule has 2 aromatic rings. The largest absolute Gasteiger partial charge is 0.321 e. The molecule has 0 unspecified atom stereocenters. The number of rotatable bonds is 7. The van der Waals surface area contributed by atoms with Crippen LogP contribution in [-0.2, 0) is 14.8 Å². The molecule has 2 rings (SSSR count). The van der Waals surface area contributed by atoms with Crippen molar-refractivity contribution in [1.82, 2.24) is 0 Å². The summed E-state index contributed by atoms with van der Waals surface area (Å²) in [4.78, 5) is 23.5. The Morgan fingerprint density at radius 2 is 1.67 bits per heavy atom. The number of sulfonamides is 1. The van der Waals surface area contributed by atoms with E-state index in [0.29, 0.717) is 5.56 Å². The van der Waals surface area contributed by atoms with Gasteiger partial charge >= 0.3 is 0 Å². The maximum absolute atomic E-state index is 13.6. The second-order valence-corrected chi connectivity index (χ2v) is 7.74. The highest BCUT2D eigenvalue weighted by molar-refractivity contribution is 7.92. The van der Waals surface area contributed by atoms with Gasteiger partial charge in [-0.2, -0.15) is 0 Å². The molecule has 0 spiro atoms. The van der Waals surface area contributed by atoms with E-state index in [-0.39, 0.29) is 24.4 Å². The van der Waals surface area contributed by atoms with Gasteiger partial charge in [-0.1, -0.05) is 18.2 Å². The zero-order valence-corrected chi connectivity index (χ0v) is 15.5. The fraction of sp³-hybridized carbons (Fsp3) is 0.222. The summed E-state index contributed by atoms with van der Waals surface area (Å²) in [7, 11) is -3.75. The second-order valence-electron chi connectivity index (χ2n) is 5.84. The fourth-order valence-electron chi connectivity index (χ4n) is 2.39. The van der Waals surface area contributed by atoms with E-state index in [1.807, 2.05) is 0 Å². The first kappa shape index (κ1) is 20.5. The van der Waals surface area contributed by atoms with Crippen LogP contribution in [0.5, 0.6) is 0 Å². The number of amides is 1. The predicted octanol–water partition coefficient (Wildman–Crippen LogP) is 2.96. The molecule has 0 aliphatic rings. The number of halogens is 2. The number of hydrogen-bond donors (Lipinski definition) is 1. The predicted molar refractivity (Wildman–Crippen MR) is 98.2 cm³/mol. The van der Waals surface area contributed by atoms with Crippen LogP contribution < -0.4 is 9.62 Å². The van der Waals surface area contributed by atoms with Gasteiger partial charge in [-0.25, -0.2) is 17.2 Å². The molecule has 0 radical (unpaired) electrons. The zero-order chi connectivity index (χ0) is 20.2. The molecule has 0 atom stereocenters. The molecule has 9 heteroatoms. The van der Waals surface area contributed by atoms with Crippen molar-refractivity contribution in [3.63, 3.8) is 0 Å². The molecule has 0 saturated carbocycles. The van der Waals surface area contributed by atoms with Crippen LogP contribution in [0.2, 0.25) is 0 Å². The van der Waals surface area contributed by atoms with Gasteiger partial charge in [0, 0.05) is 18.5 Å². The van der Waals surface area contributed by atoms with Gasteiger partial charge in [0.25, 0.3) is 0 Å². The highest BCUT2D eigenvalue weighted by Crippen LogP contribution is 2.21. The van der Waals surface area contributed by atoms with Crippen molar-refractivity contribution in [2.24, 2.45) is 0 Å². The summed E-state index contributed by atoms with van der Waals surface area (Å²) in [6.45, 7) is 1.09. The highest BCUT2D eigenvalue weighted by atomic mass is 32.2. The van der Waals surface area contributed by atoms with Crippen molar-refractivity contribution < 1.29 is 26.8 Å². The molecule has 0 bridgehead atoms. The van der Waals surface area contributed by atoms with E-state index in [0.717, 1.165) is 28.8 Å². The summed E-state index contributed by atoms with van der Waals surface area (Å²) >= 11 is 0. The lowest BCUT2D eigenvalue weighted by Gasteiger charge is -2.22. The summed E-state index contributed by atoms with van der Waals surface area (Å²) in [5.41, 5.74) is -0.0546. The number of Topliss-reactive ketones (excluding diaryl/α,β-unsaturated/α-hetero) is 1. The average Bonchev–Trinajstić information content (AvgIpc) is 2.57. The number of nitrogens with zero attached hydrogens (tertiary/aromatic N) is 1. The molecule has 6 nitrogen and oxygen atoms in total. The molecule has 0 aromatic heterocycles. The number of carbonyl (C=O) groups is 2. The van der Waals surface area contributed by atoms with Gasteiger partial charge in [-0.3, -0.25) is 13.9 Å². The number of benzene rings is 2. The maximum atomic E-state index is 13.6. The minimum atomic E-state index is -3.75. The Hall–Kier alpha value is -2.81. The summed E-state index contributed by atoms with van der Waals surface area (Å²) in [6.07, 6.45) is 0.618. The van der Waals surface area contributed by atoms with E-state index in [1.165, 1.54) is 25.1 Å². The molecule has 27 heavy (non-hydrogen) atoms. The van der Waals surface area contributed by atoms with Crippen molar-refractivity contribution in [3.8, 4) is 0 Å². The van der Waals surface area contributed by atoms with Crippen molar-refractivity contribution in [1.29, 1.82) is 0 Å². The van der Waals surface area contributed by atoms with Crippen LogP contribution in [0.4, 0.5) is 20.2 Å². The fourth-order valence-corrected chi connectivity index (χ4v) is 3.31. The van der Waals surface area contributed by atoms with Gasteiger partial charge in [0.15, 0.2) is 5.78 Å². The Labute approximate surface area is 155 Å². The molecule has 0 aliphatic carbocycles. The molecule has 2 aromatic carbocycles. The van der Waals surface area contributed by atoms with Crippen molar-refractivity contribution >= 4 is 33.1 Å². The maximum Gasteiger partial charge on any atom is 0.232 e. The molecule has 1 N–H and O–H groups in total. The van der Waals surface area contributed by atoms with Gasteiger partial charge in [0.2, 0.25) is 15.9 Å². The normalized spacial score (nSPS) is 11.1. The van der Waals surface area contributed by atoms with Crippen LogP contribution in [0.25, 0.3) is 0 Å². The Morgan fingerprint density at radius 3 is 2.22 bits per heavy atom. The minimum Gasteiger partial charge on any atom is -0.321 e. The monoisotopic (exact) mass is 396 g/mol. The quantitative estimate of drug-likeness (QED) is 0.730. The van der Waals surface area contributed by atoms with Crippen molar-refractivity contribution in [2.45, 2.75) is 13.3 Å². The first-order chi connectivity index (χ1) is 12.6. The third kappa shape index (κ3) is 5.33. The highest BCUT2D eigenvalue weighted by Gasteiger charge is 2.20. The third-order valence-electron chi connectivity index (χ3n) is 3.71. The zero-order valence-electron chi connectivity index (χ0n) is 14.7. The van der Waals surface area contributed by atoms with Gasteiger partial charge in [0.1, 0.15) is 17.3 Å². The summed E-state index contributed by atoms with van der Waals surface area (Å²) < 4.78 is 52.3. The SMILES string of the molecule is CC(=O)c1cccc(N(CCC(=O)Nc2c(F)cccc2F)S(C)(=O)=O)c1. The molecule has 0 fully saturated rings. The second kappa shape index (κ2) is 8.26. The molecular formula is C18H18F2N2O4S. The summed E-state index contributed by atoms with van der Waals surface area (Å²) in [6, 6.07) is 9.11. The number of nitrogens with one attached hydrogen (secondary N) is 1. The average molecular weight is 396 g/mol. The summed E-state index contributed by atoms with van der Waals surface area (Å²) in [5.74, 6) is -2.86. The van der Waals surface area contributed by atoms with Crippen LogP contribution in [0, 0.1) is 11.6 Å². The lowest BCUT2D eigenvalue weighted by atomic mass is 10.1. The number of carbonyl (C=O) groups excluding carboxylic acids is 2. The van der Waals surface area contributed by atoms with E-state index < -0.39 is 33.3 Å². The van der Waals surface area contributed by atoms with Crippen LogP contribution >= 0.6 is 0 Å². The lowest BCUT2D eigenvalue weighted by Crippen LogP contribution is -2.33. The molecule has 1 amide bonds. The van der Waals surface area contributed by atoms with Gasteiger partial charge in [-0.05, 0) is 31.2 Å². The molecule has 0 aliphatic heterocycles. The molecular weight excluding hydrogens is 378 g/mol. The Kier molecular flexibility index (Phi) is 6.27. The number of ketones is 1. The number of hydrogen-bond acceptors (Lipinski definition) is 4. The van der Waals surface area contributed by atoms with Gasteiger partial charge < -0.3 is 5.32 Å². The first-order valence-corrected chi connectivity index (χ1v) is 9.77. The van der Waals surface area contributed by atoms with Crippen LogP contribution in [0.3, 0.4) is 0 Å². The van der Waals surface area contributed by atoms with Gasteiger partial charge in [0.05, 0.1) is 11.9 Å². The van der Waals surface area contributed by atoms with E-state index >= 15 is 0 Å². The van der Waals surface area contributed by atoms with E-state index in [4.69, 9.17) is 0 Å². The molecule has 0 heterocycles. The molecule has 0 saturated heterocycles. The van der Waals surface area contributed by atoms with Crippen LogP contribution in [0.15, 0.2) is 42.5 Å². The van der Waals surface area contributed by atoms with E-state index in [1.54, 1.807) is 6.07 Å². The standard InChI is InChI=1S/C18H18F2N2O4S/c1-12(23)13-5-3-6-14(11-13)22(27(2,25)26)10-9-17(24)21-18-15(19)7-4-8-16(18)20/h3-8,11H,9-10H2,1-2H3,(H,21,24). The minimum absolute atomic E-state index is 0.218. The summed E-state index contributed by atoms with van der Waals surface area (Å²) in [5, 5.41) is 2.10. The number of para-hydroxylation sites is 1. The van der Waals surface area contributed by atoms with Crippen molar-refractivity contribution in [2.75, 3.05) is 22.4 Å². The number of anilines is 2. The van der Waals surface area contributed by atoms with Gasteiger partial charge in [-0.15, -0.1) is 0 Å². The smallest absolute Gasteiger partial charge is 0.232 e. The third-order valence-corrected chi connectivity index (χ3v) is 4.90. The topological polar surface area (TPSA) is 83.6 Å². The Bertz CT molecular complexity index is 957. The Morgan fingerprint density at radius 1 is 1.07 bits per heavy atom. The van der Waals surface area contributed by atoms with Crippen LogP contribution in [0.1, 0.15) is 23.7 Å². The van der Waals surface area contributed by atoms with Crippen molar-refractivity contribution in [3.05, 3.63) is 59.7 Å².